The number of nitrogens with one attached hydrogen (secondary N) is 1. The van der Waals surface area contributed by atoms with Crippen LogP contribution in [0.3, 0.4) is 0 Å². The highest BCUT2D eigenvalue weighted by Gasteiger charge is 2.29. The van der Waals surface area contributed by atoms with Crippen molar-refractivity contribution in [3.05, 3.63) is 0 Å². The molecule has 2 N–H and O–H groups in total. The van der Waals surface area contributed by atoms with Crippen LogP contribution in [0.5, 0.6) is 0 Å². The maximum Gasteiger partial charge on any atom is 0.317 e. The molecule has 2 heterocycles. The second-order valence-corrected chi connectivity index (χ2v) is 6.17. The monoisotopic (exact) mass is 299 g/mol. The summed E-state index contributed by atoms with van der Waals surface area (Å²) < 4.78 is 5.52. The van der Waals surface area contributed by atoms with Crippen LogP contribution in [-0.4, -0.2) is 78.5 Å². The average molecular weight is 299 g/mol. The molecule has 0 aromatic heterocycles. The third-order valence-corrected chi connectivity index (χ3v) is 4.37. The largest absolute Gasteiger partial charge is 0.392 e. The van der Waals surface area contributed by atoms with Crippen molar-refractivity contribution in [3.63, 3.8) is 0 Å². The third kappa shape index (κ3) is 4.83. The molecule has 21 heavy (non-hydrogen) atoms. The number of carbonyl (C=O) groups excluding carboxylic acids is 1. The lowest BCUT2D eigenvalue weighted by Crippen LogP contribution is -2.58. The Morgan fingerprint density at radius 3 is 2.90 bits per heavy atom. The minimum atomic E-state index is -0.320. The van der Waals surface area contributed by atoms with Crippen molar-refractivity contribution in [2.24, 2.45) is 0 Å². The molecular formula is C15H29N3O3. The summed E-state index contributed by atoms with van der Waals surface area (Å²) >= 11 is 0. The fourth-order valence-corrected chi connectivity index (χ4v) is 3.16. The number of β-amino-alcohol motifs (C(OH)–C–C–N with tert-alkyl or cyclic N) is 1. The number of urea groups is 1. The number of piperazine rings is 1. The van der Waals surface area contributed by atoms with E-state index in [9.17, 15) is 9.90 Å². The zero-order valence-corrected chi connectivity index (χ0v) is 13.3. The molecule has 0 spiro atoms. The van der Waals surface area contributed by atoms with E-state index in [1.807, 2.05) is 11.8 Å². The highest BCUT2D eigenvalue weighted by atomic mass is 16.5. The van der Waals surface area contributed by atoms with Crippen LogP contribution in [0.4, 0.5) is 4.79 Å². The fourth-order valence-electron chi connectivity index (χ4n) is 3.16. The van der Waals surface area contributed by atoms with E-state index >= 15 is 0 Å². The average Bonchev–Trinajstić information content (AvgIpc) is 2.98. The third-order valence-electron chi connectivity index (χ3n) is 4.37. The lowest BCUT2D eigenvalue weighted by atomic mass is 10.1. The first kappa shape index (κ1) is 16.5. The number of hydrogen-bond acceptors (Lipinski definition) is 4. The lowest BCUT2D eigenvalue weighted by Gasteiger charge is -2.41. The topological polar surface area (TPSA) is 65.0 Å². The molecule has 0 aromatic rings. The van der Waals surface area contributed by atoms with Gasteiger partial charge in [0.1, 0.15) is 0 Å². The SMILES string of the molecule is CC[C@@H]1CN(C(=O)NC[C@H]2CCCO2)CCN1C[C@H](C)O. The van der Waals surface area contributed by atoms with Crippen LogP contribution in [0, 0.1) is 0 Å². The molecule has 0 bridgehead atoms. The van der Waals surface area contributed by atoms with Crippen molar-refractivity contribution in [3.8, 4) is 0 Å². The molecule has 122 valence electrons. The summed E-state index contributed by atoms with van der Waals surface area (Å²) in [7, 11) is 0. The van der Waals surface area contributed by atoms with Gasteiger partial charge in [-0.2, -0.15) is 0 Å². The van der Waals surface area contributed by atoms with Crippen LogP contribution < -0.4 is 5.32 Å². The van der Waals surface area contributed by atoms with Crippen LogP contribution in [0.2, 0.25) is 0 Å². The molecule has 2 fully saturated rings. The Bertz CT molecular complexity index is 332. The first-order valence-electron chi connectivity index (χ1n) is 8.16. The van der Waals surface area contributed by atoms with E-state index < -0.39 is 0 Å². The molecule has 2 aliphatic heterocycles. The minimum absolute atomic E-state index is 0.0145. The molecule has 2 aliphatic rings. The van der Waals surface area contributed by atoms with Gasteiger partial charge in [-0.3, -0.25) is 4.90 Å². The Hall–Kier alpha value is -0.850. The van der Waals surface area contributed by atoms with Crippen molar-refractivity contribution in [1.29, 1.82) is 0 Å². The Balaban J connectivity index is 1.77. The molecule has 2 saturated heterocycles. The Labute approximate surface area is 127 Å². The van der Waals surface area contributed by atoms with Crippen molar-refractivity contribution in [2.45, 2.75) is 51.4 Å². The van der Waals surface area contributed by atoms with Gasteiger partial charge in [0.05, 0.1) is 12.2 Å². The predicted molar refractivity (Wildman–Crippen MR) is 81.3 cm³/mol. The Morgan fingerprint density at radius 2 is 2.29 bits per heavy atom. The molecule has 0 unspecified atom stereocenters. The second-order valence-electron chi connectivity index (χ2n) is 6.17. The second kappa shape index (κ2) is 7.96. The van der Waals surface area contributed by atoms with Gasteiger partial charge in [0, 0.05) is 45.4 Å². The van der Waals surface area contributed by atoms with Gasteiger partial charge in [-0.1, -0.05) is 6.92 Å². The molecule has 2 rings (SSSR count). The Kier molecular flexibility index (Phi) is 6.26. The Morgan fingerprint density at radius 1 is 1.48 bits per heavy atom. The first-order valence-corrected chi connectivity index (χ1v) is 8.16. The van der Waals surface area contributed by atoms with Crippen LogP contribution in [0.15, 0.2) is 0 Å². The van der Waals surface area contributed by atoms with Gasteiger partial charge in [0.2, 0.25) is 0 Å². The molecule has 0 saturated carbocycles. The first-order chi connectivity index (χ1) is 10.1. The van der Waals surface area contributed by atoms with Crippen LogP contribution in [-0.2, 0) is 4.74 Å². The lowest BCUT2D eigenvalue weighted by molar-refractivity contribution is 0.0471. The van der Waals surface area contributed by atoms with Crippen LogP contribution in [0.25, 0.3) is 0 Å². The van der Waals surface area contributed by atoms with E-state index in [0.29, 0.717) is 19.1 Å². The standard InChI is InChI=1S/C15H29N3O3/c1-3-13-11-18(7-6-17(13)10-12(2)19)15(20)16-9-14-5-4-8-21-14/h12-14,19H,3-11H2,1-2H3,(H,16,20)/t12-,13+,14+/m0/s1. The quantitative estimate of drug-likeness (QED) is 0.782. The number of amides is 2. The zero-order valence-electron chi connectivity index (χ0n) is 13.3. The highest BCUT2D eigenvalue weighted by molar-refractivity contribution is 5.74. The fraction of sp³-hybridized carbons (Fsp3) is 0.933. The van der Waals surface area contributed by atoms with E-state index in [4.69, 9.17) is 4.74 Å². The minimum Gasteiger partial charge on any atom is -0.392 e. The molecule has 6 heteroatoms. The smallest absolute Gasteiger partial charge is 0.317 e. The predicted octanol–water partition coefficient (Wildman–Crippen LogP) is 0.652. The van der Waals surface area contributed by atoms with Crippen molar-refractivity contribution < 1.29 is 14.6 Å². The number of rotatable bonds is 5. The van der Waals surface area contributed by atoms with Crippen molar-refractivity contribution >= 4 is 6.03 Å². The maximum atomic E-state index is 12.2. The van der Waals surface area contributed by atoms with E-state index in [1.165, 1.54) is 0 Å². The van der Waals surface area contributed by atoms with Crippen molar-refractivity contribution in [2.75, 3.05) is 39.3 Å². The van der Waals surface area contributed by atoms with E-state index in [-0.39, 0.29) is 18.2 Å². The van der Waals surface area contributed by atoms with Gasteiger partial charge in [-0.15, -0.1) is 0 Å². The summed E-state index contributed by atoms with van der Waals surface area (Å²) in [5.41, 5.74) is 0. The van der Waals surface area contributed by atoms with Gasteiger partial charge in [0.15, 0.2) is 0 Å². The van der Waals surface area contributed by atoms with E-state index in [2.05, 4.69) is 17.1 Å². The van der Waals surface area contributed by atoms with E-state index in [1.54, 1.807) is 0 Å². The summed E-state index contributed by atoms with van der Waals surface area (Å²) in [5.74, 6) is 0. The molecule has 3 atom stereocenters. The number of aliphatic hydroxyl groups is 1. The number of carbonyl (C=O) groups is 1. The van der Waals surface area contributed by atoms with Gasteiger partial charge >= 0.3 is 6.03 Å². The van der Waals surface area contributed by atoms with Crippen LogP contribution in [0.1, 0.15) is 33.1 Å². The molecular weight excluding hydrogens is 270 g/mol. The van der Waals surface area contributed by atoms with Gasteiger partial charge in [-0.25, -0.2) is 4.79 Å². The van der Waals surface area contributed by atoms with Gasteiger partial charge < -0.3 is 20.1 Å². The molecule has 0 aliphatic carbocycles. The molecule has 0 radical (unpaired) electrons. The molecule has 6 nitrogen and oxygen atoms in total. The zero-order chi connectivity index (χ0) is 15.2. The van der Waals surface area contributed by atoms with Gasteiger partial charge in [-0.05, 0) is 26.2 Å². The highest BCUT2D eigenvalue weighted by Crippen LogP contribution is 2.14. The normalized spacial score (nSPS) is 28.6. The summed E-state index contributed by atoms with van der Waals surface area (Å²) in [6.07, 6.45) is 2.99. The number of nitrogens with zero attached hydrogens (tertiary/aromatic N) is 2. The summed E-state index contributed by atoms with van der Waals surface area (Å²) in [5, 5.41) is 12.5. The maximum absolute atomic E-state index is 12.2. The van der Waals surface area contributed by atoms with Crippen LogP contribution >= 0.6 is 0 Å². The summed E-state index contributed by atoms with van der Waals surface area (Å²) in [6.45, 7) is 8.35. The molecule has 2 amide bonds. The van der Waals surface area contributed by atoms with Crippen molar-refractivity contribution in [1.82, 2.24) is 15.1 Å². The molecule has 0 aromatic carbocycles. The van der Waals surface area contributed by atoms with E-state index in [0.717, 1.165) is 45.5 Å². The number of ether oxygens (including phenoxy) is 1. The van der Waals surface area contributed by atoms with Gasteiger partial charge in [0.25, 0.3) is 0 Å². The number of hydrogen-bond donors (Lipinski definition) is 2. The summed E-state index contributed by atoms with van der Waals surface area (Å²) in [4.78, 5) is 16.4. The number of aliphatic hydroxyl groups excluding tert-OH is 1. The summed E-state index contributed by atoms with van der Waals surface area (Å²) in [6, 6.07) is 0.350.